The maximum atomic E-state index is 13.0. The van der Waals surface area contributed by atoms with Gasteiger partial charge >= 0.3 is 17.9 Å². The van der Waals surface area contributed by atoms with Crippen molar-refractivity contribution in [2.24, 2.45) is 0 Å². The van der Waals surface area contributed by atoms with Crippen LogP contribution in [0.5, 0.6) is 0 Å². The molecular formula is C90H162NO8+. The lowest BCUT2D eigenvalue weighted by atomic mass is 10.0. The number of carbonyl (C=O) groups excluding carboxylic acids is 2. The number of allylic oxidation sites excluding steroid dienone is 16. The molecule has 0 heterocycles. The van der Waals surface area contributed by atoms with Gasteiger partial charge in [-0.3, -0.25) is 9.59 Å². The fourth-order valence-electron chi connectivity index (χ4n) is 12.4. The van der Waals surface area contributed by atoms with E-state index >= 15 is 0 Å². The summed E-state index contributed by atoms with van der Waals surface area (Å²) >= 11 is 0. The summed E-state index contributed by atoms with van der Waals surface area (Å²) in [5, 5.41) is 9.78. The average molecular weight is 1390 g/mol. The molecule has 2 atom stereocenters. The Hall–Kier alpha value is -3.79. The molecule has 0 aliphatic carbocycles. The standard InChI is InChI=1S/C90H161NO8/c1-6-8-10-12-14-16-18-20-22-24-26-28-30-32-34-36-38-40-41-42-43-44-45-46-47-49-51-53-55-57-59-61-63-65-67-69-71-73-75-77-79-81-88(93)99-86(85-98-90(89(94)95)96-83-82-91(3,4)5)84-97-87(92)80-78-76-74-72-70-68-66-64-62-60-58-56-54-52-50-48-39-37-35-33-31-29-27-25-23-21-19-17-15-13-11-9-7-2/h8,10,14,16,20,22,26,28,32,34,38,40,42-43,45-46,86,90H,6-7,9,11-13,15,17-19,21,23-25,27,29-31,33,35-37,39,41,44,47-85H2,1-5H3/p+1/b10-8-,16-14-,22-20-,28-26-,34-32-,40-38-,43-42-,46-45-. The normalized spacial score (nSPS) is 13.1. The topological polar surface area (TPSA) is 108 Å². The highest BCUT2D eigenvalue weighted by Crippen LogP contribution is 2.20. The molecule has 0 aliphatic heterocycles. The number of likely N-dealkylation sites (N-methyl/N-ethyl adjacent to an activating group) is 1. The van der Waals surface area contributed by atoms with E-state index in [2.05, 4.69) is 111 Å². The minimum absolute atomic E-state index is 0.179. The lowest BCUT2D eigenvalue weighted by Crippen LogP contribution is -2.40. The molecule has 0 aromatic heterocycles. The van der Waals surface area contributed by atoms with Gasteiger partial charge in [-0.05, 0) is 77.0 Å². The number of quaternary nitrogens is 1. The molecule has 0 amide bonds. The number of unbranched alkanes of at least 4 members (excludes halogenated alkanes) is 48. The first-order valence-corrected chi connectivity index (χ1v) is 42.4. The summed E-state index contributed by atoms with van der Waals surface area (Å²) in [5.74, 6) is -1.98. The summed E-state index contributed by atoms with van der Waals surface area (Å²) in [6.07, 6.45) is 109. The van der Waals surface area contributed by atoms with E-state index in [1.165, 1.54) is 283 Å². The van der Waals surface area contributed by atoms with Crippen LogP contribution in [0, 0.1) is 0 Å². The number of hydrogen-bond donors (Lipinski definition) is 1. The molecule has 0 aromatic carbocycles. The summed E-state index contributed by atoms with van der Waals surface area (Å²) in [4.78, 5) is 37.8. The van der Waals surface area contributed by atoms with Gasteiger partial charge in [-0.1, -0.05) is 406 Å². The van der Waals surface area contributed by atoms with Crippen molar-refractivity contribution in [2.45, 2.75) is 411 Å². The van der Waals surface area contributed by atoms with E-state index < -0.39 is 18.4 Å². The van der Waals surface area contributed by atoms with Gasteiger partial charge < -0.3 is 28.5 Å². The first-order valence-electron chi connectivity index (χ1n) is 42.4. The monoisotopic (exact) mass is 1390 g/mol. The van der Waals surface area contributed by atoms with Crippen molar-refractivity contribution >= 4 is 17.9 Å². The Labute approximate surface area is 613 Å². The number of aliphatic carboxylic acids is 1. The van der Waals surface area contributed by atoms with Gasteiger partial charge in [0.05, 0.1) is 34.4 Å². The molecule has 2 unspecified atom stereocenters. The van der Waals surface area contributed by atoms with Crippen LogP contribution < -0.4 is 0 Å². The molecule has 0 spiro atoms. The molecule has 9 heteroatoms. The second kappa shape index (κ2) is 79.9. The second-order valence-corrected chi connectivity index (χ2v) is 29.8. The molecule has 0 saturated heterocycles. The van der Waals surface area contributed by atoms with Gasteiger partial charge in [-0.25, -0.2) is 4.79 Å². The summed E-state index contributed by atoms with van der Waals surface area (Å²) < 4.78 is 23.1. The number of nitrogens with zero attached hydrogens (tertiary/aromatic N) is 1. The molecule has 574 valence electrons. The van der Waals surface area contributed by atoms with Crippen molar-refractivity contribution in [3.8, 4) is 0 Å². The predicted molar refractivity (Wildman–Crippen MR) is 429 cm³/mol. The van der Waals surface area contributed by atoms with E-state index in [1.807, 2.05) is 21.1 Å². The van der Waals surface area contributed by atoms with Crippen molar-refractivity contribution in [2.75, 3.05) is 47.5 Å². The average Bonchev–Trinajstić information content (AvgIpc) is 2.62. The van der Waals surface area contributed by atoms with Crippen molar-refractivity contribution in [1.29, 1.82) is 0 Å². The molecule has 1 N–H and O–H groups in total. The van der Waals surface area contributed by atoms with E-state index in [0.717, 1.165) is 89.9 Å². The summed E-state index contributed by atoms with van der Waals surface area (Å²) in [7, 11) is 6.00. The van der Waals surface area contributed by atoms with E-state index in [1.54, 1.807) is 0 Å². The third-order valence-corrected chi connectivity index (χ3v) is 18.9. The number of carbonyl (C=O) groups is 3. The lowest BCUT2D eigenvalue weighted by Gasteiger charge is -2.25. The molecule has 99 heavy (non-hydrogen) atoms. The fraction of sp³-hybridized carbons (Fsp3) is 0.789. The van der Waals surface area contributed by atoms with Crippen LogP contribution in [0.4, 0.5) is 0 Å². The molecule has 9 nitrogen and oxygen atoms in total. The van der Waals surface area contributed by atoms with Crippen LogP contribution in [0.2, 0.25) is 0 Å². The smallest absolute Gasteiger partial charge is 0.361 e. The minimum atomic E-state index is -1.51. The Balaban J connectivity index is 3.98. The van der Waals surface area contributed by atoms with E-state index in [0.29, 0.717) is 17.4 Å². The first-order chi connectivity index (χ1) is 48.6. The van der Waals surface area contributed by atoms with Crippen LogP contribution >= 0.6 is 0 Å². The third kappa shape index (κ3) is 81.4. The number of carboxylic acid groups (broad SMARTS) is 1. The molecular weight excluding hydrogens is 1220 g/mol. The second-order valence-electron chi connectivity index (χ2n) is 29.8. The molecule has 0 saturated carbocycles. The van der Waals surface area contributed by atoms with E-state index in [4.69, 9.17) is 18.9 Å². The zero-order valence-electron chi connectivity index (χ0n) is 65.9. The molecule has 0 aliphatic rings. The maximum Gasteiger partial charge on any atom is 0.361 e. The number of esters is 2. The summed E-state index contributed by atoms with van der Waals surface area (Å²) in [6, 6.07) is 0. The zero-order valence-corrected chi connectivity index (χ0v) is 65.9. The molecule has 0 radical (unpaired) electrons. The van der Waals surface area contributed by atoms with Gasteiger partial charge in [0.2, 0.25) is 0 Å². The first kappa shape index (κ1) is 95.2. The highest BCUT2D eigenvalue weighted by Gasteiger charge is 2.25. The van der Waals surface area contributed by atoms with Crippen LogP contribution in [0.3, 0.4) is 0 Å². The molecule has 0 aromatic rings. The maximum absolute atomic E-state index is 13.0. The lowest BCUT2D eigenvalue weighted by molar-refractivity contribution is -0.870. The van der Waals surface area contributed by atoms with Crippen LogP contribution in [-0.4, -0.2) is 87.4 Å². The Morgan fingerprint density at radius 1 is 0.313 bits per heavy atom. The fourth-order valence-corrected chi connectivity index (χ4v) is 12.4. The Morgan fingerprint density at radius 3 is 0.859 bits per heavy atom. The highest BCUT2D eigenvalue weighted by molar-refractivity contribution is 5.71. The molecule has 0 rings (SSSR count). The molecule has 0 bridgehead atoms. The van der Waals surface area contributed by atoms with Gasteiger partial charge in [0.25, 0.3) is 6.29 Å². The van der Waals surface area contributed by atoms with Crippen molar-refractivity contribution < 1.29 is 42.9 Å². The van der Waals surface area contributed by atoms with Gasteiger partial charge in [-0.2, -0.15) is 0 Å². The quantitative estimate of drug-likeness (QED) is 0.0211. The highest BCUT2D eigenvalue weighted by atomic mass is 16.7. The minimum Gasteiger partial charge on any atom is -0.477 e. The van der Waals surface area contributed by atoms with Gasteiger partial charge in [0.15, 0.2) is 6.10 Å². The van der Waals surface area contributed by atoms with Crippen LogP contribution in [-0.2, 0) is 33.3 Å². The summed E-state index contributed by atoms with van der Waals surface area (Å²) in [6.45, 7) is 4.83. The number of carboxylic acids is 1. The van der Waals surface area contributed by atoms with Gasteiger partial charge in [-0.15, -0.1) is 0 Å². The van der Waals surface area contributed by atoms with Crippen molar-refractivity contribution in [3.05, 3.63) is 97.2 Å². The largest absolute Gasteiger partial charge is 0.477 e. The van der Waals surface area contributed by atoms with Crippen LogP contribution in [0.1, 0.15) is 399 Å². The van der Waals surface area contributed by atoms with Gasteiger partial charge in [0, 0.05) is 12.8 Å². The third-order valence-electron chi connectivity index (χ3n) is 18.9. The molecule has 0 fully saturated rings. The predicted octanol–water partition coefficient (Wildman–Crippen LogP) is 27.5. The number of ether oxygens (including phenoxy) is 4. The van der Waals surface area contributed by atoms with Crippen LogP contribution in [0.25, 0.3) is 0 Å². The SMILES string of the molecule is CC/C=C\C/C=C\C/C=C\C/C=C\C/C=C\C/C=C\C/C=C\C/C=C\CCCCCCCCCCCCCCCCCCC(=O)OC(COC(=O)CCCCCCCCCCCCCCCCCCCCCCCCCCCCCCCCCCC)COC(OCC[N+](C)(C)C)C(=O)O. The summed E-state index contributed by atoms with van der Waals surface area (Å²) in [5.41, 5.74) is 0. The zero-order chi connectivity index (χ0) is 71.8. The van der Waals surface area contributed by atoms with E-state index in [-0.39, 0.29) is 38.2 Å². The Morgan fingerprint density at radius 2 is 0.576 bits per heavy atom. The van der Waals surface area contributed by atoms with Crippen molar-refractivity contribution in [3.63, 3.8) is 0 Å². The van der Waals surface area contributed by atoms with E-state index in [9.17, 15) is 19.5 Å². The van der Waals surface area contributed by atoms with Crippen molar-refractivity contribution in [1.82, 2.24) is 0 Å². The Kier molecular flexibility index (Phi) is 76.8. The Bertz CT molecular complexity index is 1960. The number of rotatable bonds is 79. The number of hydrogen-bond acceptors (Lipinski definition) is 7. The van der Waals surface area contributed by atoms with Gasteiger partial charge in [0.1, 0.15) is 13.2 Å². The van der Waals surface area contributed by atoms with Crippen LogP contribution in [0.15, 0.2) is 97.2 Å².